The first-order valence-electron chi connectivity index (χ1n) is 6.71. The summed E-state index contributed by atoms with van der Waals surface area (Å²) in [4.78, 5) is 2.56. The molecule has 2 nitrogen and oxygen atoms in total. The molecule has 1 aromatic carbocycles. The Morgan fingerprint density at radius 2 is 2.00 bits per heavy atom. The molecule has 0 amide bonds. The average molecular weight is 242 g/mol. The van der Waals surface area contributed by atoms with E-state index in [1.807, 2.05) is 0 Å². The van der Waals surface area contributed by atoms with Crippen LogP contribution in [0.15, 0.2) is 24.3 Å². The first-order chi connectivity index (χ1) is 8.69. The average Bonchev–Trinajstić information content (AvgIpc) is 2.67. The summed E-state index contributed by atoms with van der Waals surface area (Å²) in [6.07, 6.45) is 1.32. The van der Waals surface area contributed by atoms with Crippen LogP contribution < -0.4 is 5.73 Å². The van der Waals surface area contributed by atoms with Crippen molar-refractivity contribution in [1.82, 2.24) is 4.90 Å². The van der Waals surface area contributed by atoms with E-state index in [1.54, 1.807) is 0 Å². The molecule has 1 aliphatic rings. The zero-order chi connectivity index (χ0) is 13.0. The fraction of sp³-hybridized carbons (Fsp3) is 0.500. The molecule has 2 atom stereocenters. The van der Waals surface area contributed by atoms with Crippen LogP contribution in [0.3, 0.4) is 0 Å². The smallest absolute Gasteiger partial charge is 0.0555 e. The van der Waals surface area contributed by atoms with Gasteiger partial charge >= 0.3 is 0 Å². The van der Waals surface area contributed by atoms with Crippen LogP contribution in [0.25, 0.3) is 0 Å². The number of nitrogens with two attached hydrogens (primary N) is 1. The Kier molecular flexibility index (Phi) is 4.41. The summed E-state index contributed by atoms with van der Waals surface area (Å²) in [6.45, 7) is 7.35. The Labute approximate surface area is 110 Å². The standard InChI is InChI=1S/C16H22N2/c1-13-10-14(2)18(11-13)12-16-7-5-15(6-8-16)4-3-9-17/h5-8,13-14H,9-12,17H2,1-2H3. The maximum Gasteiger partial charge on any atom is 0.0555 e. The van der Waals surface area contributed by atoms with Gasteiger partial charge in [0.05, 0.1) is 6.54 Å². The summed E-state index contributed by atoms with van der Waals surface area (Å²) in [5, 5.41) is 0. The van der Waals surface area contributed by atoms with Crippen LogP contribution in [-0.4, -0.2) is 24.0 Å². The Balaban J connectivity index is 1.98. The molecule has 1 aromatic rings. The normalized spacial score (nSPS) is 23.7. The van der Waals surface area contributed by atoms with Gasteiger partial charge in [-0.25, -0.2) is 0 Å². The maximum atomic E-state index is 5.36. The van der Waals surface area contributed by atoms with Crippen molar-refractivity contribution in [3.63, 3.8) is 0 Å². The van der Waals surface area contributed by atoms with Crippen molar-refractivity contribution in [2.24, 2.45) is 11.7 Å². The number of likely N-dealkylation sites (tertiary alicyclic amines) is 1. The Bertz CT molecular complexity index is 438. The highest BCUT2D eigenvalue weighted by molar-refractivity contribution is 5.36. The summed E-state index contributed by atoms with van der Waals surface area (Å²) < 4.78 is 0. The molecule has 1 saturated heterocycles. The van der Waals surface area contributed by atoms with E-state index in [2.05, 4.69) is 54.9 Å². The third kappa shape index (κ3) is 3.35. The van der Waals surface area contributed by atoms with Gasteiger partial charge in [-0.15, -0.1) is 0 Å². The largest absolute Gasteiger partial charge is 0.320 e. The van der Waals surface area contributed by atoms with E-state index in [4.69, 9.17) is 5.73 Å². The van der Waals surface area contributed by atoms with E-state index < -0.39 is 0 Å². The lowest BCUT2D eigenvalue weighted by atomic mass is 10.1. The summed E-state index contributed by atoms with van der Waals surface area (Å²) in [7, 11) is 0. The van der Waals surface area contributed by atoms with Crippen LogP contribution in [0.5, 0.6) is 0 Å². The van der Waals surface area contributed by atoms with E-state index in [1.165, 1.54) is 18.5 Å². The topological polar surface area (TPSA) is 29.3 Å². The minimum absolute atomic E-state index is 0.422. The molecule has 1 fully saturated rings. The Morgan fingerprint density at radius 3 is 2.56 bits per heavy atom. The monoisotopic (exact) mass is 242 g/mol. The summed E-state index contributed by atoms with van der Waals surface area (Å²) in [5.41, 5.74) is 7.78. The van der Waals surface area contributed by atoms with Gasteiger partial charge in [-0.05, 0) is 37.0 Å². The van der Waals surface area contributed by atoms with Gasteiger partial charge < -0.3 is 5.73 Å². The predicted molar refractivity (Wildman–Crippen MR) is 76.0 cm³/mol. The SMILES string of the molecule is CC1CC(C)N(Cc2ccc(C#CCN)cc2)C1. The lowest BCUT2D eigenvalue weighted by molar-refractivity contribution is 0.256. The van der Waals surface area contributed by atoms with Gasteiger partial charge in [-0.3, -0.25) is 4.90 Å². The van der Waals surface area contributed by atoms with Gasteiger partial charge in [0.25, 0.3) is 0 Å². The number of benzene rings is 1. The molecule has 96 valence electrons. The van der Waals surface area contributed by atoms with Crippen molar-refractivity contribution in [3.05, 3.63) is 35.4 Å². The third-order valence-corrected chi connectivity index (χ3v) is 3.59. The minimum atomic E-state index is 0.422. The van der Waals surface area contributed by atoms with Crippen molar-refractivity contribution >= 4 is 0 Å². The minimum Gasteiger partial charge on any atom is -0.320 e. The summed E-state index contributed by atoms with van der Waals surface area (Å²) in [5.74, 6) is 6.76. The van der Waals surface area contributed by atoms with Gasteiger partial charge in [0.2, 0.25) is 0 Å². The van der Waals surface area contributed by atoms with E-state index in [0.717, 1.165) is 18.0 Å². The fourth-order valence-corrected chi connectivity index (χ4v) is 2.69. The lowest BCUT2D eigenvalue weighted by Gasteiger charge is -2.20. The van der Waals surface area contributed by atoms with Crippen molar-refractivity contribution < 1.29 is 0 Å². The molecular formula is C16H22N2. The molecule has 1 heterocycles. The number of nitrogens with zero attached hydrogens (tertiary/aromatic N) is 1. The van der Waals surface area contributed by atoms with Gasteiger partial charge in [-0.1, -0.05) is 30.9 Å². The second-order valence-corrected chi connectivity index (χ2v) is 5.32. The Hall–Kier alpha value is -1.30. The van der Waals surface area contributed by atoms with E-state index >= 15 is 0 Å². The molecule has 0 radical (unpaired) electrons. The van der Waals surface area contributed by atoms with Crippen LogP contribution >= 0.6 is 0 Å². The molecule has 1 aliphatic heterocycles. The molecule has 0 spiro atoms. The maximum absolute atomic E-state index is 5.36. The van der Waals surface area contributed by atoms with Gasteiger partial charge in [0.1, 0.15) is 0 Å². The molecule has 0 aromatic heterocycles. The number of hydrogen-bond donors (Lipinski definition) is 1. The molecule has 2 unspecified atom stereocenters. The van der Waals surface area contributed by atoms with E-state index in [-0.39, 0.29) is 0 Å². The van der Waals surface area contributed by atoms with Crippen molar-refractivity contribution in [2.45, 2.75) is 32.9 Å². The molecular weight excluding hydrogens is 220 g/mol. The highest BCUT2D eigenvalue weighted by Crippen LogP contribution is 2.24. The zero-order valence-electron chi connectivity index (χ0n) is 11.3. The number of hydrogen-bond acceptors (Lipinski definition) is 2. The van der Waals surface area contributed by atoms with Crippen molar-refractivity contribution in [3.8, 4) is 11.8 Å². The van der Waals surface area contributed by atoms with Crippen LogP contribution in [0.4, 0.5) is 0 Å². The summed E-state index contributed by atoms with van der Waals surface area (Å²) in [6, 6.07) is 9.23. The second-order valence-electron chi connectivity index (χ2n) is 5.32. The van der Waals surface area contributed by atoms with E-state index in [0.29, 0.717) is 12.6 Å². The molecule has 0 aliphatic carbocycles. The van der Waals surface area contributed by atoms with Crippen molar-refractivity contribution in [1.29, 1.82) is 0 Å². The highest BCUT2D eigenvalue weighted by atomic mass is 15.2. The molecule has 18 heavy (non-hydrogen) atoms. The van der Waals surface area contributed by atoms with Crippen molar-refractivity contribution in [2.75, 3.05) is 13.1 Å². The van der Waals surface area contributed by atoms with Crippen LogP contribution in [0.2, 0.25) is 0 Å². The van der Waals surface area contributed by atoms with Gasteiger partial charge in [-0.2, -0.15) is 0 Å². The molecule has 0 bridgehead atoms. The van der Waals surface area contributed by atoms with Gasteiger partial charge in [0.15, 0.2) is 0 Å². The lowest BCUT2D eigenvalue weighted by Crippen LogP contribution is -2.26. The third-order valence-electron chi connectivity index (χ3n) is 3.59. The summed E-state index contributed by atoms with van der Waals surface area (Å²) >= 11 is 0. The second kappa shape index (κ2) is 6.04. The first-order valence-corrected chi connectivity index (χ1v) is 6.71. The highest BCUT2D eigenvalue weighted by Gasteiger charge is 2.25. The number of rotatable bonds is 2. The molecule has 2 rings (SSSR count). The quantitative estimate of drug-likeness (QED) is 0.806. The fourth-order valence-electron chi connectivity index (χ4n) is 2.69. The molecule has 2 heteroatoms. The molecule has 0 saturated carbocycles. The van der Waals surface area contributed by atoms with Gasteiger partial charge in [0, 0.05) is 24.7 Å². The zero-order valence-corrected chi connectivity index (χ0v) is 11.3. The van der Waals surface area contributed by atoms with Crippen LogP contribution in [0, 0.1) is 17.8 Å². The first kappa shape index (κ1) is 13.1. The predicted octanol–water partition coefficient (Wildman–Crippen LogP) is 2.23. The van der Waals surface area contributed by atoms with Crippen LogP contribution in [0.1, 0.15) is 31.4 Å². The van der Waals surface area contributed by atoms with E-state index in [9.17, 15) is 0 Å². The Morgan fingerprint density at radius 1 is 1.28 bits per heavy atom. The van der Waals surface area contributed by atoms with Crippen LogP contribution in [-0.2, 0) is 6.54 Å². The molecule has 2 N–H and O–H groups in total.